The van der Waals surface area contributed by atoms with Crippen LogP contribution in [0.4, 0.5) is 5.13 Å². The Hall–Kier alpha value is -6.54. The van der Waals surface area contributed by atoms with Crippen LogP contribution in [0.3, 0.4) is 0 Å². The summed E-state index contributed by atoms with van der Waals surface area (Å²) in [6.07, 6.45) is 16.7. The molecule has 3 aromatic carbocycles. The summed E-state index contributed by atoms with van der Waals surface area (Å²) in [4.78, 5) is 54.7. The second-order valence-electron chi connectivity index (χ2n) is 13.8. The third-order valence-electron chi connectivity index (χ3n) is 9.19. The van der Waals surface area contributed by atoms with Crippen LogP contribution >= 0.6 is 11.3 Å². The average Bonchev–Trinajstić information content (AvgIpc) is 3.73. The molecular weight excluding hydrogens is 799 g/mol. The SMILES string of the molecule is C=CC(=O)OCCCCCCOc1ccc(C(=O)Oc2ccc(OC(=O)c3ccc(OCCCCCCOC(=O)C=C)cc3)c(/C=N/N(C)c3nc4c(s3)CCC=C4)c2)cc1. The molecule has 0 bridgehead atoms. The summed E-state index contributed by atoms with van der Waals surface area (Å²) < 4.78 is 33.2. The number of esters is 4. The molecule has 14 heteroatoms. The van der Waals surface area contributed by atoms with E-state index in [-0.39, 0.29) is 11.5 Å². The van der Waals surface area contributed by atoms with Crippen LogP contribution in [0.5, 0.6) is 23.0 Å². The van der Waals surface area contributed by atoms with Crippen LogP contribution in [0, 0.1) is 0 Å². The molecule has 13 nitrogen and oxygen atoms in total. The zero-order valence-electron chi connectivity index (χ0n) is 34.4. The molecule has 0 atom stereocenters. The number of hydrogen-bond acceptors (Lipinski definition) is 14. The molecule has 0 fully saturated rings. The van der Waals surface area contributed by atoms with Crippen LogP contribution in [0.15, 0.2) is 103 Å². The van der Waals surface area contributed by atoms with Crippen molar-refractivity contribution in [2.24, 2.45) is 5.10 Å². The van der Waals surface area contributed by atoms with Gasteiger partial charge in [-0.1, -0.05) is 30.6 Å². The van der Waals surface area contributed by atoms with E-state index in [4.69, 9.17) is 33.4 Å². The van der Waals surface area contributed by atoms with Crippen LogP contribution < -0.4 is 24.0 Å². The van der Waals surface area contributed by atoms with E-state index in [9.17, 15) is 19.2 Å². The van der Waals surface area contributed by atoms with E-state index in [2.05, 4.69) is 24.3 Å². The standard InChI is InChI=1S/C47H51N3O10S/c1-4-43(51)57-30-14-8-6-12-28-55-37-22-18-34(19-23-37)45(53)59-39-26-27-41(36(32-39)33-48-50(3)47-49-40-16-10-11-17-42(40)61-47)60-46(54)35-20-24-38(25-21-35)56-29-13-7-9-15-31-58-44(52)5-2/h4-5,10,16,18-27,32-33H,1-2,6-9,11-15,17,28-31H2,3H3/b48-33+. The Morgan fingerprint density at radius 3 is 1.77 bits per heavy atom. The van der Waals surface area contributed by atoms with Crippen molar-refractivity contribution in [3.63, 3.8) is 0 Å². The van der Waals surface area contributed by atoms with Gasteiger partial charge in [-0.2, -0.15) is 5.10 Å². The van der Waals surface area contributed by atoms with Crippen molar-refractivity contribution in [2.45, 2.75) is 64.2 Å². The highest BCUT2D eigenvalue weighted by atomic mass is 32.1. The third-order valence-corrected chi connectivity index (χ3v) is 10.4. The van der Waals surface area contributed by atoms with E-state index in [1.165, 1.54) is 11.1 Å². The smallest absolute Gasteiger partial charge is 0.343 e. The fourth-order valence-electron chi connectivity index (χ4n) is 5.85. The highest BCUT2D eigenvalue weighted by molar-refractivity contribution is 7.15. The Kier molecular flexibility index (Phi) is 18.3. The molecule has 0 amide bonds. The molecule has 0 spiro atoms. The molecule has 1 aliphatic carbocycles. The number of ether oxygens (including phenoxy) is 6. The summed E-state index contributed by atoms with van der Waals surface area (Å²) in [5.74, 6) is -0.327. The largest absolute Gasteiger partial charge is 0.494 e. The number of rotatable bonds is 25. The second kappa shape index (κ2) is 24.5. The van der Waals surface area contributed by atoms with Crippen LogP contribution in [-0.2, 0) is 25.5 Å². The maximum absolute atomic E-state index is 13.4. The Labute approximate surface area is 360 Å². The molecule has 1 aromatic heterocycles. The number of aryl methyl sites for hydroxylation is 1. The highest BCUT2D eigenvalue weighted by Gasteiger charge is 2.17. The Morgan fingerprint density at radius 2 is 1.23 bits per heavy atom. The molecule has 0 unspecified atom stereocenters. The fourth-order valence-corrected chi connectivity index (χ4v) is 6.83. The minimum Gasteiger partial charge on any atom is -0.494 e. The summed E-state index contributed by atoms with van der Waals surface area (Å²) >= 11 is 1.57. The summed E-state index contributed by atoms with van der Waals surface area (Å²) in [7, 11) is 1.79. The number of benzene rings is 3. The molecule has 320 valence electrons. The van der Waals surface area contributed by atoms with Crippen LogP contribution in [0.2, 0.25) is 0 Å². The summed E-state index contributed by atoms with van der Waals surface area (Å²) in [5, 5.41) is 6.95. The number of carbonyl (C=O) groups excluding carboxylic acids is 4. The number of hydrogen-bond donors (Lipinski definition) is 0. The lowest BCUT2D eigenvalue weighted by Gasteiger charge is -2.12. The molecule has 5 rings (SSSR count). The van der Waals surface area contributed by atoms with Crippen molar-refractivity contribution in [2.75, 3.05) is 38.5 Å². The number of unbranched alkanes of at least 4 members (excludes halogenated alkanes) is 6. The molecule has 0 radical (unpaired) electrons. The quantitative estimate of drug-likeness (QED) is 0.0156. The number of allylic oxidation sites excluding steroid dienone is 1. The number of aromatic nitrogens is 1. The monoisotopic (exact) mass is 849 g/mol. The molecule has 1 aliphatic rings. The van der Waals surface area contributed by atoms with E-state index in [0.29, 0.717) is 59.7 Å². The van der Waals surface area contributed by atoms with Gasteiger partial charge in [-0.15, -0.1) is 0 Å². The van der Waals surface area contributed by atoms with Crippen LogP contribution in [0.25, 0.3) is 6.08 Å². The van der Waals surface area contributed by atoms with Crippen molar-refractivity contribution < 1.29 is 47.6 Å². The van der Waals surface area contributed by atoms with E-state index < -0.39 is 23.9 Å². The summed E-state index contributed by atoms with van der Waals surface area (Å²) in [5.41, 5.74) is 1.97. The highest BCUT2D eigenvalue weighted by Crippen LogP contribution is 2.31. The molecule has 0 aliphatic heterocycles. The van der Waals surface area contributed by atoms with Gasteiger partial charge in [0.2, 0.25) is 5.13 Å². The van der Waals surface area contributed by atoms with Crippen molar-refractivity contribution in [3.8, 4) is 23.0 Å². The maximum Gasteiger partial charge on any atom is 0.343 e. The lowest BCUT2D eigenvalue weighted by molar-refractivity contribution is -0.138. The molecule has 0 N–H and O–H groups in total. The van der Waals surface area contributed by atoms with Gasteiger partial charge in [-0.25, -0.2) is 29.2 Å². The molecule has 0 saturated heterocycles. The lowest BCUT2D eigenvalue weighted by Crippen LogP contribution is -2.12. The van der Waals surface area contributed by atoms with E-state index >= 15 is 0 Å². The Balaban J connectivity index is 1.17. The van der Waals surface area contributed by atoms with Gasteiger partial charge in [0.15, 0.2) is 0 Å². The predicted octanol–water partition coefficient (Wildman–Crippen LogP) is 9.35. The maximum atomic E-state index is 13.4. The zero-order valence-corrected chi connectivity index (χ0v) is 35.2. The predicted molar refractivity (Wildman–Crippen MR) is 235 cm³/mol. The number of thiazole rings is 1. The van der Waals surface area contributed by atoms with Crippen molar-refractivity contribution in [1.29, 1.82) is 0 Å². The number of hydrazone groups is 1. The number of anilines is 1. The van der Waals surface area contributed by atoms with Gasteiger partial charge < -0.3 is 28.4 Å². The first-order valence-corrected chi connectivity index (χ1v) is 21.1. The number of carbonyl (C=O) groups is 4. The Bertz CT molecular complexity index is 2160. The van der Waals surface area contributed by atoms with Crippen molar-refractivity contribution in [3.05, 3.63) is 125 Å². The van der Waals surface area contributed by atoms with Gasteiger partial charge in [0.25, 0.3) is 0 Å². The topological polar surface area (TPSA) is 152 Å². The third kappa shape index (κ3) is 15.2. The minimum absolute atomic E-state index is 0.209. The Morgan fingerprint density at radius 1 is 0.705 bits per heavy atom. The molecule has 61 heavy (non-hydrogen) atoms. The van der Waals surface area contributed by atoms with E-state index in [1.54, 1.807) is 90.1 Å². The summed E-state index contributed by atoms with van der Waals surface area (Å²) in [6, 6.07) is 18.1. The van der Waals surface area contributed by atoms with Gasteiger partial charge in [0.1, 0.15) is 23.0 Å². The van der Waals surface area contributed by atoms with Gasteiger partial charge in [0, 0.05) is 29.6 Å². The number of fused-ring (bicyclic) bond motifs is 1. The summed E-state index contributed by atoms with van der Waals surface area (Å²) in [6.45, 7) is 8.52. The van der Waals surface area contributed by atoms with Crippen LogP contribution in [-0.4, -0.2) is 68.6 Å². The average molecular weight is 850 g/mol. The molecule has 1 heterocycles. The minimum atomic E-state index is -0.593. The first-order valence-electron chi connectivity index (χ1n) is 20.3. The fraction of sp³-hybridized carbons (Fsp3) is 0.319. The van der Waals surface area contributed by atoms with Gasteiger partial charge in [0.05, 0.1) is 49.5 Å². The molecule has 0 saturated carbocycles. The second-order valence-corrected chi connectivity index (χ2v) is 14.9. The van der Waals surface area contributed by atoms with Gasteiger partial charge >= 0.3 is 23.9 Å². The van der Waals surface area contributed by atoms with E-state index in [1.807, 2.05) is 6.08 Å². The van der Waals surface area contributed by atoms with Crippen molar-refractivity contribution in [1.82, 2.24) is 4.98 Å². The van der Waals surface area contributed by atoms with Crippen molar-refractivity contribution >= 4 is 52.6 Å². The molecule has 4 aromatic rings. The van der Waals surface area contributed by atoms with Crippen LogP contribution in [0.1, 0.15) is 94.6 Å². The van der Waals surface area contributed by atoms with E-state index in [0.717, 1.165) is 82.1 Å². The zero-order chi connectivity index (χ0) is 43.2. The first-order chi connectivity index (χ1) is 29.7. The lowest BCUT2D eigenvalue weighted by atomic mass is 10.1. The van der Waals surface area contributed by atoms with Gasteiger partial charge in [-0.05, 0) is 137 Å². The van der Waals surface area contributed by atoms with Gasteiger partial charge in [-0.3, -0.25) is 0 Å². The normalized spacial score (nSPS) is 11.6. The molecular formula is C47H51N3O10S. The first kappa shape index (κ1) is 45.5. The number of nitrogens with zero attached hydrogens (tertiary/aromatic N) is 3.